The molecule has 3 rings (SSSR count). The Labute approximate surface area is 224 Å². The number of aliphatic hydroxyl groups excluding tert-OH is 1. The number of ketones is 1. The van der Waals surface area contributed by atoms with Crippen molar-refractivity contribution in [2.45, 2.75) is 32.8 Å². The normalized spacial score (nSPS) is 13.0. The van der Waals surface area contributed by atoms with Crippen molar-refractivity contribution in [3.63, 3.8) is 0 Å². The Kier molecular flexibility index (Phi) is 21.1. The number of carbonyl (C=O) groups excluding carboxylic acids is 1. The van der Waals surface area contributed by atoms with E-state index in [-0.39, 0.29) is 34.5 Å². The number of Topliss-reactive ketones (excluding diaryl/α,β-unsaturated/α-hetero) is 1. The predicted octanol–water partition coefficient (Wildman–Crippen LogP) is 5.58. The minimum absolute atomic E-state index is 0. The Morgan fingerprint density at radius 3 is 2.00 bits per heavy atom. The largest absolute Gasteiger partial charge is 0 e. The van der Waals surface area contributed by atoms with Gasteiger partial charge in [-0.3, -0.25) is 14.9 Å². The number of benzene rings is 2. The minimum atomic E-state index is -1.21. The number of aliphatic hydroxyl groups is 1. The zero-order valence-corrected chi connectivity index (χ0v) is 21.1. The van der Waals surface area contributed by atoms with Crippen LogP contribution in [-0.2, 0) is 26.4 Å². The van der Waals surface area contributed by atoms with Gasteiger partial charge in [0.15, 0.2) is 5.78 Å². The molecule has 1 aliphatic carbocycles. The van der Waals surface area contributed by atoms with Crippen molar-refractivity contribution in [3.8, 4) is 0 Å². The maximum Gasteiger partial charge on any atom is 0 e. The van der Waals surface area contributed by atoms with Crippen LogP contribution < -0.4 is 0 Å². The van der Waals surface area contributed by atoms with Gasteiger partial charge in [-0.15, -0.1) is 0 Å². The molecule has 1 fully saturated rings. The topological polar surface area (TPSA) is 120 Å². The van der Waals surface area contributed by atoms with Gasteiger partial charge in [-0.1, -0.05) is 56.7 Å². The van der Waals surface area contributed by atoms with Gasteiger partial charge in [0.05, 0.1) is 11.0 Å². The number of hydrogen-bond acceptors (Lipinski definition) is 4. The molecule has 1 N–H and O–H groups in total. The molecular formula is C28H26MnNO6. The fourth-order valence-corrected chi connectivity index (χ4v) is 2.76. The van der Waals surface area contributed by atoms with E-state index in [9.17, 15) is 20.0 Å². The predicted molar refractivity (Wildman–Crippen MR) is 129 cm³/mol. The summed E-state index contributed by atoms with van der Waals surface area (Å²) in [4.78, 5) is 23.0. The molecule has 186 valence electrons. The van der Waals surface area contributed by atoms with Crippen molar-refractivity contribution in [1.82, 2.24) is 0 Å². The summed E-state index contributed by atoms with van der Waals surface area (Å²) in [5, 5.41) is 21.4. The van der Waals surface area contributed by atoms with Crippen LogP contribution in [0, 0.1) is 67.0 Å². The van der Waals surface area contributed by atoms with Crippen molar-refractivity contribution < 1.29 is 41.2 Å². The third kappa shape index (κ3) is 12.8. The number of non-ortho nitro benzene ring substituents is 1. The molecule has 8 heteroatoms. The number of nitro benzene ring substituents is 1. The second-order valence-electron chi connectivity index (χ2n) is 6.96. The third-order valence-electron chi connectivity index (χ3n) is 4.49. The molecule has 8 radical (unpaired) electrons. The van der Waals surface area contributed by atoms with Crippen LogP contribution in [0.1, 0.15) is 48.7 Å². The molecule has 0 bridgehead atoms. The molecule has 2 aromatic rings. The summed E-state index contributed by atoms with van der Waals surface area (Å²) in [5.41, 5.74) is 0.788. The summed E-state index contributed by atoms with van der Waals surface area (Å²) in [6.07, 6.45) is 13.3. The van der Waals surface area contributed by atoms with E-state index in [4.69, 9.17) is 9.30 Å². The molecule has 0 aromatic heterocycles. The van der Waals surface area contributed by atoms with Gasteiger partial charge in [-0.25, -0.2) is 0 Å². The fourth-order valence-electron chi connectivity index (χ4n) is 2.76. The Hall–Kier alpha value is -2.79. The Morgan fingerprint density at radius 1 is 1.06 bits per heavy atom. The molecule has 1 saturated carbocycles. The fraction of sp³-hybridized carbons (Fsp3) is 0.179. The number of nitrogens with zero attached hydrogens (tertiary/aromatic N) is 1. The first kappa shape index (κ1) is 35.4. The van der Waals surface area contributed by atoms with E-state index in [2.05, 4.69) is 39.1 Å². The van der Waals surface area contributed by atoms with Crippen LogP contribution in [0.25, 0.3) is 0 Å². The van der Waals surface area contributed by atoms with Crippen LogP contribution >= 0.6 is 0 Å². The van der Waals surface area contributed by atoms with Gasteiger partial charge in [0.1, 0.15) is 5.92 Å². The Balaban J connectivity index is 0. The van der Waals surface area contributed by atoms with Crippen LogP contribution in [0.2, 0.25) is 0 Å². The first-order valence-corrected chi connectivity index (χ1v) is 10.5. The monoisotopic (exact) mass is 527 g/mol. The number of carbonyl (C=O) groups is 1. The summed E-state index contributed by atoms with van der Waals surface area (Å²) in [6, 6.07) is 14.2. The van der Waals surface area contributed by atoms with Gasteiger partial charge >= 0.3 is 22.6 Å². The summed E-state index contributed by atoms with van der Waals surface area (Å²) in [6.45, 7) is 13.1. The van der Waals surface area contributed by atoms with E-state index in [0.717, 1.165) is 12.8 Å². The number of allylic oxidation sites excluding steroid dienone is 1. The molecule has 0 spiro atoms. The quantitative estimate of drug-likeness (QED) is 0.120. The van der Waals surface area contributed by atoms with Crippen LogP contribution in [0.5, 0.6) is 0 Å². The molecule has 1 aliphatic rings. The van der Waals surface area contributed by atoms with Crippen LogP contribution in [-0.4, -0.2) is 15.8 Å². The van der Waals surface area contributed by atoms with Gasteiger partial charge in [0.2, 0.25) is 0 Å². The van der Waals surface area contributed by atoms with Gasteiger partial charge < -0.3 is 5.11 Å². The maximum absolute atomic E-state index is 12.7. The first-order valence-electron chi connectivity index (χ1n) is 10.5. The zero-order chi connectivity index (χ0) is 26.6. The van der Waals surface area contributed by atoms with Crippen molar-refractivity contribution in [1.29, 1.82) is 0 Å². The van der Waals surface area contributed by atoms with Crippen LogP contribution in [0.4, 0.5) is 5.69 Å². The van der Waals surface area contributed by atoms with Gasteiger partial charge in [0, 0.05) is 34.8 Å². The van der Waals surface area contributed by atoms with Crippen molar-refractivity contribution in [2.75, 3.05) is 0 Å². The average molecular weight is 527 g/mol. The molecular weight excluding hydrogens is 501 g/mol. The minimum Gasteiger partial charge on any atom is 0 e. The van der Waals surface area contributed by atoms with Crippen LogP contribution in [0.15, 0.2) is 60.7 Å². The van der Waals surface area contributed by atoms with E-state index < -0.39 is 11.0 Å². The number of unbranched alkanes of at least 4 members (excludes halogenated alkanes) is 1. The second-order valence-corrected chi connectivity index (χ2v) is 6.96. The molecule has 0 aliphatic heterocycles. The molecule has 1 atom stereocenters. The summed E-state index contributed by atoms with van der Waals surface area (Å²) in [5.74, 6) is 1.14. The van der Waals surface area contributed by atoms with E-state index in [1.165, 1.54) is 30.2 Å². The Bertz CT molecular complexity index is 929. The maximum atomic E-state index is 12.7. The van der Waals surface area contributed by atoms with Crippen LogP contribution in [0.3, 0.4) is 0 Å². The number of hydrogen-bond donors (Lipinski definition) is 1. The van der Waals surface area contributed by atoms with Crippen molar-refractivity contribution >= 4 is 11.5 Å². The Morgan fingerprint density at radius 2 is 1.58 bits per heavy atom. The molecule has 0 heterocycles. The summed E-state index contributed by atoms with van der Waals surface area (Å²) >= 11 is 0. The smallest absolute Gasteiger partial charge is 0 e. The van der Waals surface area contributed by atoms with Crippen molar-refractivity contribution in [3.05, 3.63) is 139 Å². The van der Waals surface area contributed by atoms with Gasteiger partial charge in [-0.05, 0) is 61.8 Å². The second kappa shape index (κ2) is 21.5. The van der Waals surface area contributed by atoms with Gasteiger partial charge in [0.25, 0.3) is 5.69 Å². The average Bonchev–Trinajstić information content (AvgIpc) is 3.40. The number of rotatable bonds is 8. The van der Waals surface area contributed by atoms with E-state index in [1.807, 2.05) is 19.8 Å². The SMILES string of the molecule is CCCC=[C][C](C(=O)c1ccccc1)C(O)c1ccc([N+](=O)[O-])cc1.C[C]1[CH][CH][CH][CH]1.[C-]#[O+].[C-]#[O+].[Mn]. The molecule has 0 amide bonds. The molecule has 0 saturated heterocycles. The molecule has 36 heavy (non-hydrogen) atoms. The summed E-state index contributed by atoms with van der Waals surface area (Å²) in [7, 11) is 0. The van der Waals surface area contributed by atoms with E-state index >= 15 is 0 Å². The first-order chi connectivity index (χ1) is 16.9. The third-order valence-corrected chi connectivity index (χ3v) is 4.49. The molecule has 1 unspecified atom stereocenters. The van der Waals surface area contributed by atoms with Crippen molar-refractivity contribution in [2.24, 2.45) is 0 Å². The van der Waals surface area contributed by atoms with Gasteiger partial charge in [-0.2, -0.15) is 0 Å². The van der Waals surface area contributed by atoms with E-state index in [1.54, 1.807) is 36.4 Å². The standard InChI is InChI=1S/C20H19NO4.C6H7.2CO.Mn/c1-2-3-5-10-18(19(22)15-8-6-4-7-9-15)20(23)16-11-13-17(14-12-16)21(24)25;1-6-4-2-3-5-6;2*1-2;/h4-9,11-14,20,23H,2-3H2,1H3;2-5H,1H3;;;. The number of nitro groups is 1. The zero-order valence-electron chi connectivity index (χ0n) is 19.9. The van der Waals surface area contributed by atoms with E-state index in [0.29, 0.717) is 11.1 Å². The molecule has 2 aromatic carbocycles. The summed E-state index contributed by atoms with van der Waals surface area (Å²) < 4.78 is 15.0. The molecule has 7 nitrogen and oxygen atoms in total.